The first-order valence-corrected chi connectivity index (χ1v) is 8.23. The minimum atomic E-state index is -1.37. The summed E-state index contributed by atoms with van der Waals surface area (Å²) < 4.78 is 21.1. The maximum atomic E-state index is 13.7. The first-order valence-electron chi connectivity index (χ1n) is 8.23. The number of hydrogen-bond donors (Lipinski definition) is 2. The zero-order valence-corrected chi connectivity index (χ0v) is 14.7. The third kappa shape index (κ3) is 2.94. The number of nitrogens with zero attached hydrogens (tertiary/aromatic N) is 4. The average Bonchev–Trinajstić information content (AvgIpc) is 3.24. The highest BCUT2D eigenvalue weighted by Gasteiger charge is 2.19. The average molecular weight is 354 g/mol. The Bertz CT molecular complexity index is 1080. The summed E-state index contributed by atoms with van der Waals surface area (Å²) in [5.74, 6) is 0.745. The van der Waals surface area contributed by atoms with Crippen LogP contribution < -0.4 is 10.1 Å². The lowest BCUT2D eigenvalue weighted by Crippen LogP contribution is -2.25. The van der Waals surface area contributed by atoms with Gasteiger partial charge in [-0.25, -0.2) is 9.37 Å². The van der Waals surface area contributed by atoms with Gasteiger partial charge in [-0.1, -0.05) is 0 Å². The van der Waals surface area contributed by atoms with Crippen LogP contribution in [-0.4, -0.2) is 43.7 Å². The predicted molar refractivity (Wildman–Crippen MR) is 98.3 cm³/mol. The Balaban J connectivity index is 1.79. The Kier molecular flexibility index (Phi) is 3.75. The number of nitrogens with one attached hydrogen (secondary N) is 2. The molecule has 0 unspecified atom stereocenters. The van der Waals surface area contributed by atoms with Crippen molar-refractivity contribution in [2.75, 3.05) is 19.0 Å². The maximum absolute atomic E-state index is 13.7. The molecule has 4 aromatic rings. The third-order valence-electron chi connectivity index (χ3n) is 4.06. The standard InChI is InChI=1S/C18H19FN6O/c1-18(2,19)10-22-17-23-15-14(16(24-17)26-3)12(8-21-15)11-4-5-13-20-6-7-25(13)9-11/h4-9H,10H2,1-3H3,(H2,21,22,23,24). The van der Waals surface area contributed by atoms with Crippen LogP contribution in [-0.2, 0) is 0 Å². The molecule has 0 fully saturated rings. The zero-order valence-electron chi connectivity index (χ0n) is 14.7. The second-order valence-corrected chi connectivity index (χ2v) is 6.67. The summed E-state index contributed by atoms with van der Waals surface area (Å²) in [7, 11) is 1.56. The normalized spacial score (nSPS) is 12.0. The van der Waals surface area contributed by atoms with Gasteiger partial charge in [-0.15, -0.1) is 0 Å². The van der Waals surface area contributed by atoms with Crippen molar-refractivity contribution < 1.29 is 9.13 Å². The quantitative estimate of drug-likeness (QED) is 0.574. The molecule has 26 heavy (non-hydrogen) atoms. The molecule has 0 aliphatic carbocycles. The summed E-state index contributed by atoms with van der Waals surface area (Å²) in [6.45, 7) is 3.09. The second kappa shape index (κ2) is 5.98. The molecule has 0 amide bonds. The predicted octanol–water partition coefficient (Wildman–Crippen LogP) is 3.44. The van der Waals surface area contributed by atoms with E-state index < -0.39 is 5.67 Å². The monoisotopic (exact) mass is 354 g/mol. The van der Waals surface area contributed by atoms with Crippen LogP contribution in [0.1, 0.15) is 13.8 Å². The number of aromatic amines is 1. The number of rotatable bonds is 5. The minimum Gasteiger partial charge on any atom is -0.480 e. The molecule has 0 aliphatic rings. The van der Waals surface area contributed by atoms with Gasteiger partial charge in [0.1, 0.15) is 17.0 Å². The molecular formula is C18H19FN6O. The molecule has 0 aliphatic heterocycles. The maximum Gasteiger partial charge on any atom is 0.228 e. The molecule has 4 aromatic heterocycles. The van der Waals surface area contributed by atoms with Gasteiger partial charge in [-0.2, -0.15) is 9.97 Å². The van der Waals surface area contributed by atoms with E-state index in [9.17, 15) is 4.39 Å². The molecule has 0 atom stereocenters. The number of pyridine rings is 1. The minimum absolute atomic E-state index is 0.104. The topological polar surface area (TPSA) is 80.1 Å². The van der Waals surface area contributed by atoms with E-state index in [-0.39, 0.29) is 6.54 Å². The number of alkyl halides is 1. The molecule has 134 valence electrons. The van der Waals surface area contributed by atoms with Gasteiger partial charge in [0.15, 0.2) is 0 Å². The lowest BCUT2D eigenvalue weighted by molar-refractivity contribution is 0.234. The summed E-state index contributed by atoms with van der Waals surface area (Å²) in [6.07, 6.45) is 7.50. The summed E-state index contributed by atoms with van der Waals surface area (Å²) in [5.41, 5.74) is 2.03. The van der Waals surface area contributed by atoms with Crippen molar-refractivity contribution in [1.29, 1.82) is 0 Å². The Hall–Kier alpha value is -3.16. The smallest absolute Gasteiger partial charge is 0.228 e. The van der Waals surface area contributed by atoms with Crippen LogP contribution in [0.15, 0.2) is 36.9 Å². The Morgan fingerprint density at radius 3 is 2.92 bits per heavy atom. The Morgan fingerprint density at radius 2 is 2.15 bits per heavy atom. The van der Waals surface area contributed by atoms with Gasteiger partial charge in [0.25, 0.3) is 0 Å². The van der Waals surface area contributed by atoms with Crippen molar-refractivity contribution in [3.05, 3.63) is 36.9 Å². The molecule has 0 saturated carbocycles. The molecule has 0 aromatic carbocycles. The fourth-order valence-electron chi connectivity index (χ4n) is 2.82. The van der Waals surface area contributed by atoms with Gasteiger partial charge in [0.05, 0.1) is 19.0 Å². The van der Waals surface area contributed by atoms with E-state index in [1.165, 1.54) is 13.8 Å². The first kappa shape index (κ1) is 16.3. The molecule has 0 bridgehead atoms. The highest BCUT2D eigenvalue weighted by Crippen LogP contribution is 2.34. The van der Waals surface area contributed by atoms with E-state index >= 15 is 0 Å². The van der Waals surface area contributed by atoms with Crippen LogP contribution in [0.5, 0.6) is 5.88 Å². The number of halogens is 1. The third-order valence-corrected chi connectivity index (χ3v) is 4.06. The van der Waals surface area contributed by atoms with Crippen molar-refractivity contribution >= 4 is 22.6 Å². The molecule has 4 heterocycles. The molecule has 8 heteroatoms. The summed E-state index contributed by atoms with van der Waals surface area (Å²) in [6, 6.07) is 3.93. The Labute approximate surface area is 149 Å². The molecule has 7 nitrogen and oxygen atoms in total. The molecule has 0 spiro atoms. The summed E-state index contributed by atoms with van der Waals surface area (Å²) >= 11 is 0. The first-order chi connectivity index (χ1) is 12.4. The van der Waals surface area contributed by atoms with E-state index in [1.807, 2.05) is 35.1 Å². The lowest BCUT2D eigenvalue weighted by Gasteiger charge is -2.15. The number of ether oxygens (including phenoxy) is 1. The van der Waals surface area contributed by atoms with Gasteiger partial charge in [-0.3, -0.25) is 0 Å². The van der Waals surface area contributed by atoms with E-state index in [0.29, 0.717) is 17.5 Å². The van der Waals surface area contributed by atoms with Crippen LogP contribution in [0.2, 0.25) is 0 Å². The van der Waals surface area contributed by atoms with Crippen LogP contribution in [0.4, 0.5) is 10.3 Å². The highest BCUT2D eigenvalue weighted by atomic mass is 19.1. The van der Waals surface area contributed by atoms with E-state index in [1.54, 1.807) is 13.3 Å². The largest absolute Gasteiger partial charge is 0.480 e. The number of hydrogen-bond acceptors (Lipinski definition) is 5. The van der Waals surface area contributed by atoms with Crippen LogP contribution >= 0.6 is 0 Å². The van der Waals surface area contributed by atoms with Gasteiger partial charge < -0.3 is 19.4 Å². The summed E-state index contributed by atoms with van der Waals surface area (Å²) in [5, 5.41) is 3.69. The number of fused-ring (bicyclic) bond motifs is 2. The van der Waals surface area contributed by atoms with E-state index in [4.69, 9.17) is 4.74 Å². The van der Waals surface area contributed by atoms with E-state index in [2.05, 4.69) is 25.3 Å². The van der Waals surface area contributed by atoms with Crippen LogP contribution in [0.25, 0.3) is 27.8 Å². The molecule has 4 rings (SSSR count). The zero-order chi connectivity index (χ0) is 18.3. The van der Waals surface area contributed by atoms with Crippen molar-refractivity contribution in [2.24, 2.45) is 0 Å². The Morgan fingerprint density at radius 1 is 1.31 bits per heavy atom. The van der Waals surface area contributed by atoms with Crippen LogP contribution in [0, 0.1) is 0 Å². The number of anilines is 1. The summed E-state index contributed by atoms with van der Waals surface area (Å²) in [4.78, 5) is 16.2. The molecular weight excluding hydrogens is 335 g/mol. The fraction of sp³-hybridized carbons (Fsp3) is 0.278. The van der Waals surface area contributed by atoms with Gasteiger partial charge in [-0.05, 0) is 26.0 Å². The van der Waals surface area contributed by atoms with Crippen molar-refractivity contribution in [3.63, 3.8) is 0 Å². The number of H-pyrrole nitrogens is 1. The second-order valence-electron chi connectivity index (χ2n) is 6.67. The molecule has 0 radical (unpaired) electrons. The number of aromatic nitrogens is 5. The van der Waals surface area contributed by atoms with Crippen LogP contribution in [0.3, 0.4) is 0 Å². The van der Waals surface area contributed by atoms with Crippen molar-refractivity contribution in [1.82, 2.24) is 24.3 Å². The van der Waals surface area contributed by atoms with Crippen molar-refractivity contribution in [3.8, 4) is 17.0 Å². The number of methoxy groups -OCH3 is 1. The SMILES string of the molecule is COc1nc(NCC(C)(C)F)nc2[nH]cc(-c3ccc4nccn4c3)c12. The number of imidazole rings is 1. The lowest BCUT2D eigenvalue weighted by atomic mass is 10.1. The van der Waals surface area contributed by atoms with Gasteiger partial charge >= 0.3 is 0 Å². The fourth-order valence-corrected chi connectivity index (χ4v) is 2.82. The molecule has 2 N–H and O–H groups in total. The molecule has 0 saturated heterocycles. The van der Waals surface area contributed by atoms with E-state index in [0.717, 1.165) is 22.2 Å². The van der Waals surface area contributed by atoms with Crippen molar-refractivity contribution in [2.45, 2.75) is 19.5 Å². The highest BCUT2D eigenvalue weighted by molar-refractivity contribution is 5.97. The van der Waals surface area contributed by atoms with Gasteiger partial charge in [0.2, 0.25) is 11.8 Å². The van der Waals surface area contributed by atoms with Gasteiger partial charge in [0, 0.05) is 35.9 Å².